The molecule has 2 rings (SSSR count). The van der Waals surface area contributed by atoms with Crippen molar-refractivity contribution in [1.29, 1.82) is 0 Å². The fourth-order valence-electron chi connectivity index (χ4n) is 2.57. The Labute approximate surface area is 157 Å². The van der Waals surface area contributed by atoms with E-state index in [1.807, 2.05) is 0 Å². The van der Waals surface area contributed by atoms with E-state index in [-0.39, 0.29) is 12.3 Å². The van der Waals surface area contributed by atoms with Gasteiger partial charge in [-0.1, -0.05) is 24.3 Å². The third kappa shape index (κ3) is 4.25. The fourth-order valence-corrected chi connectivity index (χ4v) is 4.20. The predicted octanol–water partition coefficient (Wildman–Crippen LogP) is 2.97. The lowest BCUT2D eigenvalue weighted by atomic mass is 10.1. The number of carbonyl (C=O) groups excluding carboxylic acids is 1. The van der Waals surface area contributed by atoms with Gasteiger partial charge < -0.3 is 4.74 Å². The topological polar surface area (TPSA) is 107 Å². The predicted molar refractivity (Wildman–Crippen MR) is 100 cm³/mol. The van der Waals surface area contributed by atoms with E-state index in [1.165, 1.54) is 12.1 Å². The van der Waals surface area contributed by atoms with Gasteiger partial charge in [0.1, 0.15) is 6.54 Å². The third-order valence-electron chi connectivity index (χ3n) is 4.05. The summed E-state index contributed by atoms with van der Waals surface area (Å²) in [7, 11) is -4.39. The van der Waals surface area contributed by atoms with Crippen molar-refractivity contribution < 1.29 is 22.9 Å². The van der Waals surface area contributed by atoms with Crippen molar-refractivity contribution in [2.45, 2.75) is 25.7 Å². The molecule has 8 nitrogen and oxygen atoms in total. The van der Waals surface area contributed by atoms with Crippen LogP contribution in [0, 0.1) is 24.0 Å². The van der Waals surface area contributed by atoms with Gasteiger partial charge in [-0.25, -0.2) is 8.42 Å². The highest BCUT2D eigenvalue weighted by molar-refractivity contribution is 7.93. The Hall–Kier alpha value is -2.94. The number of nitrogens with zero attached hydrogens (tertiary/aromatic N) is 2. The summed E-state index contributed by atoms with van der Waals surface area (Å²) in [6, 6.07) is 10.0. The Bertz CT molecular complexity index is 972. The van der Waals surface area contributed by atoms with Gasteiger partial charge in [0.25, 0.3) is 15.7 Å². The van der Waals surface area contributed by atoms with Crippen LogP contribution in [0.3, 0.4) is 0 Å². The maximum Gasteiger partial charge on any atom is 0.326 e. The molecule has 0 aliphatic heterocycles. The van der Waals surface area contributed by atoms with Crippen LogP contribution in [0.25, 0.3) is 0 Å². The molecule has 0 radical (unpaired) electrons. The van der Waals surface area contributed by atoms with Crippen LogP contribution < -0.4 is 4.31 Å². The minimum Gasteiger partial charge on any atom is -0.465 e. The van der Waals surface area contributed by atoms with Crippen molar-refractivity contribution in [3.05, 3.63) is 63.7 Å². The van der Waals surface area contributed by atoms with Crippen LogP contribution in [0.4, 0.5) is 11.4 Å². The number of benzene rings is 2. The molecule has 9 heteroatoms. The highest BCUT2D eigenvalue weighted by atomic mass is 32.2. The second-order valence-electron chi connectivity index (χ2n) is 5.76. The summed E-state index contributed by atoms with van der Waals surface area (Å²) >= 11 is 0. The number of carbonyl (C=O) groups is 1. The van der Waals surface area contributed by atoms with Gasteiger partial charge in [0.2, 0.25) is 0 Å². The van der Waals surface area contributed by atoms with Gasteiger partial charge in [-0.15, -0.1) is 0 Å². The summed E-state index contributed by atoms with van der Waals surface area (Å²) in [5.74, 6) is -0.749. The molecule has 0 N–H and O–H groups in total. The Balaban J connectivity index is 2.67. The molecule has 0 amide bonds. The highest BCUT2D eigenvalue weighted by Crippen LogP contribution is 2.32. The molecule has 0 bridgehead atoms. The van der Waals surface area contributed by atoms with Crippen LogP contribution in [-0.2, 0) is 19.6 Å². The summed E-state index contributed by atoms with van der Waals surface area (Å²) in [6.07, 6.45) is 0. The number of aryl methyl sites for hydroxylation is 1. The van der Waals surface area contributed by atoms with E-state index in [2.05, 4.69) is 0 Å². The molecule has 0 aromatic heterocycles. The highest BCUT2D eigenvalue weighted by Gasteiger charge is 2.34. The van der Waals surface area contributed by atoms with Crippen molar-refractivity contribution in [3.8, 4) is 0 Å². The zero-order valence-corrected chi connectivity index (χ0v) is 16.0. The number of anilines is 1. The second kappa shape index (κ2) is 8.17. The molecule has 144 valence electrons. The summed E-state index contributed by atoms with van der Waals surface area (Å²) in [5.41, 5.74) is 1.17. The first-order valence-corrected chi connectivity index (χ1v) is 9.62. The summed E-state index contributed by atoms with van der Waals surface area (Å²) in [4.78, 5) is 22.1. The molecular weight excluding hydrogens is 372 g/mol. The molecule has 0 heterocycles. The van der Waals surface area contributed by atoms with Crippen molar-refractivity contribution in [2.75, 3.05) is 17.5 Å². The molecule has 0 aliphatic carbocycles. The van der Waals surface area contributed by atoms with E-state index < -0.39 is 38.0 Å². The van der Waals surface area contributed by atoms with Crippen molar-refractivity contribution in [2.24, 2.45) is 0 Å². The molecule has 2 aromatic carbocycles. The number of hydrogen-bond acceptors (Lipinski definition) is 6. The van der Waals surface area contributed by atoms with Gasteiger partial charge in [-0.05, 0) is 44.0 Å². The molecule has 0 unspecified atom stereocenters. The smallest absolute Gasteiger partial charge is 0.326 e. The number of ether oxygens (including phenoxy) is 1. The first-order chi connectivity index (χ1) is 12.7. The first-order valence-electron chi connectivity index (χ1n) is 8.18. The summed E-state index contributed by atoms with van der Waals surface area (Å²) < 4.78 is 32.3. The SMILES string of the molecule is CCOC(=O)CN(c1cccc(C)c1C)S(=O)(=O)c1ccccc1[N+](=O)[O-]. The summed E-state index contributed by atoms with van der Waals surface area (Å²) in [5, 5.41) is 11.3. The monoisotopic (exact) mass is 392 g/mol. The number of nitro benzene ring substituents is 1. The van der Waals surface area contributed by atoms with Crippen molar-refractivity contribution in [1.82, 2.24) is 0 Å². The number of esters is 1. The average Bonchev–Trinajstić information content (AvgIpc) is 2.62. The van der Waals surface area contributed by atoms with Gasteiger partial charge in [0.05, 0.1) is 17.2 Å². The van der Waals surface area contributed by atoms with Crippen molar-refractivity contribution in [3.63, 3.8) is 0 Å². The molecule has 0 spiro atoms. The standard InChI is InChI=1S/C18H20N2O6S/c1-4-26-18(21)12-19(15-10-7-8-13(2)14(15)3)27(24,25)17-11-6-5-9-16(17)20(22)23/h5-11H,4,12H2,1-3H3. The lowest BCUT2D eigenvalue weighted by Crippen LogP contribution is -2.37. The largest absolute Gasteiger partial charge is 0.465 e. The van der Waals surface area contributed by atoms with Crippen LogP contribution in [0.5, 0.6) is 0 Å². The number of rotatable bonds is 7. The van der Waals surface area contributed by atoms with E-state index in [9.17, 15) is 23.3 Å². The van der Waals surface area contributed by atoms with Crippen LogP contribution in [0.2, 0.25) is 0 Å². The molecule has 0 saturated carbocycles. The Morgan fingerprint density at radius 1 is 1.15 bits per heavy atom. The minimum atomic E-state index is -4.39. The summed E-state index contributed by atoms with van der Waals surface area (Å²) in [6.45, 7) is 4.63. The molecule has 2 aromatic rings. The number of para-hydroxylation sites is 1. The zero-order chi connectivity index (χ0) is 20.2. The molecule has 0 saturated heterocycles. The van der Waals surface area contributed by atoms with Crippen LogP contribution in [0.15, 0.2) is 47.4 Å². The lowest BCUT2D eigenvalue weighted by molar-refractivity contribution is -0.387. The quantitative estimate of drug-likeness (QED) is 0.407. The van der Waals surface area contributed by atoms with Crippen molar-refractivity contribution >= 4 is 27.4 Å². The molecular formula is C18H20N2O6S. The number of sulfonamides is 1. The van der Waals surface area contributed by atoms with Gasteiger partial charge in [-0.3, -0.25) is 19.2 Å². The fraction of sp³-hybridized carbons (Fsp3) is 0.278. The average molecular weight is 392 g/mol. The normalized spacial score (nSPS) is 11.1. The molecule has 0 atom stereocenters. The minimum absolute atomic E-state index is 0.0883. The van der Waals surface area contributed by atoms with E-state index in [4.69, 9.17) is 4.74 Å². The van der Waals surface area contributed by atoms with Gasteiger partial charge in [0, 0.05) is 6.07 Å². The molecule has 0 aliphatic rings. The Kier molecular flexibility index (Phi) is 6.17. The van der Waals surface area contributed by atoms with E-state index in [0.29, 0.717) is 5.56 Å². The molecule has 0 fully saturated rings. The van der Waals surface area contributed by atoms with E-state index in [1.54, 1.807) is 39.0 Å². The maximum atomic E-state index is 13.3. The second-order valence-corrected chi connectivity index (χ2v) is 7.59. The Morgan fingerprint density at radius 3 is 2.44 bits per heavy atom. The van der Waals surface area contributed by atoms with Gasteiger partial charge in [0.15, 0.2) is 4.90 Å². The van der Waals surface area contributed by atoms with E-state index >= 15 is 0 Å². The van der Waals surface area contributed by atoms with Crippen LogP contribution >= 0.6 is 0 Å². The van der Waals surface area contributed by atoms with Gasteiger partial charge >= 0.3 is 5.97 Å². The zero-order valence-electron chi connectivity index (χ0n) is 15.2. The van der Waals surface area contributed by atoms with Gasteiger partial charge in [-0.2, -0.15) is 0 Å². The molecule has 27 heavy (non-hydrogen) atoms. The lowest BCUT2D eigenvalue weighted by Gasteiger charge is -2.25. The maximum absolute atomic E-state index is 13.3. The van der Waals surface area contributed by atoms with Crippen LogP contribution in [0.1, 0.15) is 18.1 Å². The van der Waals surface area contributed by atoms with Crippen LogP contribution in [-0.4, -0.2) is 32.5 Å². The Morgan fingerprint density at radius 2 is 1.81 bits per heavy atom. The number of hydrogen-bond donors (Lipinski definition) is 0. The first kappa shape index (κ1) is 20.4. The third-order valence-corrected chi connectivity index (χ3v) is 5.86. The number of nitro groups is 1. The van der Waals surface area contributed by atoms with E-state index in [0.717, 1.165) is 22.0 Å².